The maximum Gasteiger partial charge on any atom is 0.337 e. The lowest BCUT2D eigenvalue weighted by atomic mass is 10.1. The molecule has 2 aromatic carbocycles. The average Bonchev–Trinajstić information content (AvgIpc) is 3.05. The van der Waals surface area contributed by atoms with Crippen molar-refractivity contribution >= 4 is 11.9 Å². The van der Waals surface area contributed by atoms with E-state index >= 15 is 0 Å². The molecule has 162 valence electrons. The van der Waals surface area contributed by atoms with Crippen molar-refractivity contribution in [1.82, 2.24) is 15.1 Å². The fourth-order valence-electron chi connectivity index (χ4n) is 3.33. The quantitative estimate of drug-likeness (QED) is 0.573. The summed E-state index contributed by atoms with van der Waals surface area (Å²) < 4.78 is 12.3. The molecule has 1 N–H and O–H groups in total. The monoisotopic (exact) mass is 421 g/mol. The van der Waals surface area contributed by atoms with E-state index in [1.807, 2.05) is 31.2 Å². The molecule has 7 heteroatoms. The van der Waals surface area contributed by atoms with Crippen molar-refractivity contribution in [2.75, 3.05) is 7.11 Å². The molecule has 0 aliphatic heterocycles. The Bertz CT molecular complexity index is 1090. The molecule has 0 fully saturated rings. The van der Waals surface area contributed by atoms with Gasteiger partial charge in [0.25, 0.3) is 5.91 Å². The van der Waals surface area contributed by atoms with Gasteiger partial charge in [0.1, 0.15) is 11.3 Å². The van der Waals surface area contributed by atoms with E-state index in [1.165, 1.54) is 7.11 Å². The van der Waals surface area contributed by atoms with Crippen molar-refractivity contribution in [2.24, 2.45) is 7.05 Å². The predicted molar refractivity (Wildman–Crippen MR) is 118 cm³/mol. The van der Waals surface area contributed by atoms with Gasteiger partial charge in [-0.1, -0.05) is 31.2 Å². The molecule has 3 aromatic rings. The number of hydrogen-bond acceptors (Lipinski definition) is 5. The highest BCUT2D eigenvalue weighted by Gasteiger charge is 2.24. The van der Waals surface area contributed by atoms with Gasteiger partial charge in [0, 0.05) is 7.05 Å². The largest absolute Gasteiger partial charge is 0.465 e. The van der Waals surface area contributed by atoms with Crippen LogP contribution < -0.4 is 10.1 Å². The van der Waals surface area contributed by atoms with E-state index in [0.29, 0.717) is 28.5 Å². The van der Waals surface area contributed by atoms with E-state index in [-0.39, 0.29) is 11.9 Å². The van der Waals surface area contributed by atoms with E-state index in [9.17, 15) is 9.59 Å². The van der Waals surface area contributed by atoms with E-state index in [4.69, 9.17) is 9.47 Å². The highest BCUT2D eigenvalue weighted by atomic mass is 16.5. The summed E-state index contributed by atoms with van der Waals surface area (Å²) in [6.07, 6.45) is 0.890. The van der Waals surface area contributed by atoms with Crippen LogP contribution in [0.15, 0.2) is 48.5 Å². The van der Waals surface area contributed by atoms with Gasteiger partial charge in [-0.15, -0.1) is 0 Å². The van der Waals surface area contributed by atoms with Gasteiger partial charge in [0.2, 0.25) is 5.88 Å². The fourth-order valence-corrected chi connectivity index (χ4v) is 3.33. The molecule has 0 saturated carbocycles. The highest BCUT2D eigenvalue weighted by molar-refractivity contribution is 5.98. The highest BCUT2D eigenvalue weighted by Crippen LogP contribution is 2.28. The van der Waals surface area contributed by atoms with E-state index in [1.54, 1.807) is 42.9 Å². The zero-order chi connectivity index (χ0) is 22.5. The third kappa shape index (κ3) is 4.94. The Morgan fingerprint density at radius 1 is 1.16 bits per heavy atom. The zero-order valence-corrected chi connectivity index (χ0v) is 18.4. The molecule has 7 nitrogen and oxygen atoms in total. The molecule has 0 radical (unpaired) electrons. The Balaban J connectivity index is 1.80. The smallest absolute Gasteiger partial charge is 0.337 e. The summed E-state index contributed by atoms with van der Waals surface area (Å²) in [4.78, 5) is 24.7. The number of benzene rings is 2. The lowest BCUT2D eigenvalue weighted by molar-refractivity contribution is 0.0600. The third-order valence-electron chi connectivity index (χ3n) is 5.10. The van der Waals surface area contributed by atoms with Crippen LogP contribution in [0, 0.1) is 6.92 Å². The Labute approximate surface area is 182 Å². The van der Waals surface area contributed by atoms with Crippen molar-refractivity contribution in [1.29, 1.82) is 0 Å². The van der Waals surface area contributed by atoms with Crippen LogP contribution >= 0.6 is 0 Å². The number of carbonyl (C=O) groups excluding carboxylic acids is 2. The van der Waals surface area contributed by atoms with Crippen molar-refractivity contribution in [3.05, 3.63) is 76.5 Å². The number of rotatable bonds is 7. The number of aryl methyl sites for hydroxylation is 3. The molecule has 0 spiro atoms. The van der Waals surface area contributed by atoms with Crippen LogP contribution in [0.5, 0.6) is 11.6 Å². The summed E-state index contributed by atoms with van der Waals surface area (Å²) in [5, 5.41) is 7.36. The lowest BCUT2D eigenvalue weighted by Gasteiger charge is -2.16. The Morgan fingerprint density at radius 3 is 2.52 bits per heavy atom. The first kappa shape index (κ1) is 22.1. The van der Waals surface area contributed by atoms with E-state index < -0.39 is 5.97 Å². The van der Waals surface area contributed by atoms with Gasteiger partial charge in [0.15, 0.2) is 0 Å². The first-order valence-electron chi connectivity index (χ1n) is 10.1. The van der Waals surface area contributed by atoms with Gasteiger partial charge in [-0.2, -0.15) is 5.10 Å². The van der Waals surface area contributed by atoms with Gasteiger partial charge in [-0.25, -0.2) is 9.48 Å². The van der Waals surface area contributed by atoms with Crippen LogP contribution in [0.2, 0.25) is 0 Å². The zero-order valence-electron chi connectivity index (χ0n) is 18.4. The summed E-state index contributed by atoms with van der Waals surface area (Å²) in [5.74, 6) is 0.360. The minimum atomic E-state index is -0.400. The first-order chi connectivity index (χ1) is 14.8. The second kappa shape index (κ2) is 9.47. The molecule has 0 bridgehead atoms. The van der Waals surface area contributed by atoms with Gasteiger partial charge in [0.05, 0.1) is 24.4 Å². The normalized spacial score (nSPS) is 11.6. The summed E-state index contributed by atoms with van der Waals surface area (Å²) in [7, 11) is 3.09. The minimum Gasteiger partial charge on any atom is -0.465 e. The average molecular weight is 421 g/mol. The lowest BCUT2D eigenvalue weighted by Crippen LogP contribution is -2.27. The van der Waals surface area contributed by atoms with Gasteiger partial charge < -0.3 is 14.8 Å². The number of hydrogen-bond donors (Lipinski definition) is 1. The maximum atomic E-state index is 13.1. The number of nitrogens with one attached hydrogen (secondary N) is 1. The van der Waals surface area contributed by atoms with E-state index in [0.717, 1.165) is 17.5 Å². The second-order valence-electron chi connectivity index (χ2n) is 7.30. The molecule has 31 heavy (non-hydrogen) atoms. The van der Waals surface area contributed by atoms with Crippen LogP contribution in [0.1, 0.15) is 57.4 Å². The van der Waals surface area contributed by atoms with Crippen LogP contribution in [0.4, 0.5) is 0 Å². The molecule has 1 aromatic heterocycles. The number of esters is 1. The molecule has 1 atom stereocenters. The van der Waals surface area contributed by atoms with Crippen LogP contribution in [-0.2, 0) is 18.2 Å². The van der Waals surface area contributed by atoms with Crippen LogP contribution in [-0.4, -0.2) is 28.8 Å². The molecule has 0 aliphatic rings. The maximum absolute atomic E-state index is 13.1. The van der Waals surface area contributed by atoms with Gasteiger partial charge in [-0.05, 0) is 55.7 Å². The number of amides is 1. The van der Waals surface area contributed by atoms with Gasteiger partial charge >= 0.3 is 5.97 Å². The number of carbonyl (C=O) groups is 2. The minimum absolute atomic E-state index is 0.281. The van der Waals surface area contributed by atoms with E-state index in [2.05, 4.69) is 17.3 Å². The summed E-state index contributed by atoms with van der Waals surface area (Å²) in [6, 6.07) is 14.4. The summed E-state index contributed by atoms with van der Waals surface area (Å²) in [6.45, 7) is 5.73. The van der Waals surface area contributed by atoms with Crippen molar-refractivity contribution < 1.29 is 19.1 Å². The topological polar surface area (TPSA) is 82.4 Å². The summed E-state index contributed by atoms with van der Waals surface area (Å²) in [5.41, 5.74) is 3.43. The number of ether oxygens (including phenoxy) is 2. The Morgan fingerprint density at radius 2 is 1.87 bits per heavy atom. The third-order valence-corrected chi connectivity index (χ3v) is 5.10. The van der Waals surface area contributed by atoms with Crippen molar-refractivity contribution in [3.63, 3.8) is 0 Å². The van der Waals surface area contributed by atoms with Crippen molar-refractivity contribution in [2.45, 2.75) is 33.2 Å². The second-order valence-corrected chi connectivity index (χ2v) is 7.30. The molecule has 0 aliphatic carbocycles. The van der Waals surface area contributed by atoms with Gasteiger partial charge in [-0.3, -0.25) is 4.79 Å². The molecule has 1 amide bonds. The predicted octanol–water partition coefficient (Wildman–Crippen LogP) is 4.36. The molecular weight excluding hydrogens is 394 g/mol. The van der Waals surface area contributed by atoms with Crippen LogP contribution in [0.25, 0.3) is 0 Å². The Kier molecular flexibility index (Phi) is 6.74. The van der Waals surface area contributed by atoms with Crippen LogP contribution in [0.3, 0.4) is 0 Å². The number of nitrogens with zero attached hydrogens (tertiary/aromatic N) is 2. The molecular formula is C24H27N3O4. The first-order valence-corrected chi connectivity index (χ1v) is 10.1. The summed E-state index contributed by atoms with van der Waals surface area (Å²) >= 11 is 0. The molecule has 3 rings (SSSR count). The standard InChI is InChI=1S/C24H27N3O4/c1-6-17-8-7-9-20(14-17)31-23-21(16(3)26-27(23)4)22(28)25-15(2)18-10-12-19(13-11-18)24(29)30-5/h7-15H,6H2,1-5H3,(H,25,28)/t15-/m0/s1. The Hall–Kier alpha value is -3.61. The number of methoxy groups -OCH3 is 1. The molecule has 1 heterocycles. The molecule has 0 saturated heterocycles. The van der Waals surface area contributed by atoms with Crippen molar-refractivity contribution in [3.8, 4) is 11.6 Å². The fraction of sp³-hybridized carbons (Fsp3) is 0.292. The number of aromatic nitrogens is 2. The SMILES string of the molecule is CCc1cccc(Oc2c(C(=O)N[C@@H](C)c3ccc(C(=O)OC)cc3)c(C)nn2C)c1. The molecule has 0 unspecified atom stereocenters.